The maximum atomic E-state index is 13.2. The predicted octanol–water partition coefficient (Wildman–Crippen LogP) is -8.64. The number of carbonyl (C=O) groups excluding carboxylic acids is 7. The summed E-state index contributed by atoms with van der Waals surface area (Å²) in [5, 5.41) is 108. The topological polar surface area (TPSA) is 550 Å². The van der Waals surface area contributed by atoms with Crippen molar-refractivity contribution in [2.75, 3.05) is 191 Å². The van der Waals surface area contributed by atoms with Crippen LogP contribution in [0.15, 0.2) is 0 Å². The summed E-state index contributed by atoms with van der Waals surface area (Å²) < 4.78 is 83.4. The molecule has 0 aromatic carbocycles. The molecule has 0 aromatic heterocycles. The summed E-state index contributed by atoms with van der Waals surface area (Å²) >= 11 is 0. The molecule has 0 radical (unpaired) electrons. The fourth-order valence-corrected chi connectivity index (χ4v) is 9.72. The number of rotatable bonds is 60. The normalized spacial score (nSPS) is 22.4. The molecule has 18 N–H and O–H groups in total. The van der Waals surface area contributed by atoms with Crippen LogP contribution in [0.4, 0.5) is 0 Å². The van der Waals surface area contributed by atoms with Crippen LogP contribution in [-0.4, -0.2) is 364 Å². The average Bonchev–Trinajstić information content (AvgIpc) is 0.965. The Hall–Kier alpha value is -4.71. The van der Waals surface area contributed by atoms with Crippen LogP contribution in [0.25, 0.3) is 0 Å². The van der Waals surface area contributed by atoms with E-state index in [1.165, 1.54) is 27.7 Å². The van der Waals surface area contributed by atoms with Gasteiger partial charge in [0.15, 0.2) is 25.2 Å². The van der Waals surface area contributed by atoms with E-state index in [9.17, 15) is 79.5 Å². The summed E-state index contributed by atoms with van der Waals surface area (Å²) in [5.74, 6) is -4.05. The molecule has 7 amide bonds. The van der Waals surface area contributed by atoms with Crippen molar-refractivity contribution in [3.05, 3.63) is 0 Å². The third-order valence-corrected chi connectivity index (χ3v) is 15.0. The van der Waals surface area contributed by atoms with Crippen LogP contribution < -0.4 is 43.0 Å². The van der Waals surface area contributed by atoms with E-state index in [1.54, 1.807) is 0 Å². The van der Waals surface area contributed by atoms with E-state index >= 15 is 0 Å². The van der Waals surface area contributed by atoms with Gasteiger partial charge in [-0.25, -0.2) is 0 Å². The van der Waals surface area contributed by atoms with Gasteiger partial charge in [-0.15, -0.1) is 0 Å². The first-order valence-electron chi connectivity index (χ1n) is 33.5. The van der Waals surface area contributed by atoms with Gasteiger partial charge in [0.25, 0.3) is 0 Å². The second-order valence-corrected chi connectivity index (χ2v) is 23.1. The largest absolute Gasteiger partial charge is 0.396 e. The van der Waals surface area contributed by atoms with Gasteiger partial charge in [0.05, 0.1) is 184 Å². The minimum atomic E-state index is -2.01. The lowest BCUT2D eigenvalue weighted by Gasteiger charge is -2.42. The predicted molar refractivity (Wildman–Crippen MR) is 344 cm³/mol. The Labute approximate surface area is 582 Å². The molecule has 0 spiro atoms. The van der Waals surface area contributed by atoms with Crippen molar-refractivity contribution in [1.82, 2.24) is 37.2 Å². The molecule has 0 aliphatic carbocycles. The number of carbonyl (C=O) groups is 7. The summed E-state index contributed by atoms with van der Waals surface area (Å²) in [6.45, 7) is 6.52. The molecule has 0 saturated carbocycles. The van der Waals surface area contributed by atoms with Gasteiger partial charge in [-0.3, -0.25) is 33.6 Å². The first-order chi connectivity index (χ1) is 48.0. The smallest absolute Gasteiger partial charge is 0.234 e. The molecule has 2 heterocycles. The monoisotopic (exact) mass is 1450 g/mol. The van der Waals surface area contributed by atoms with Gasteiger partial charge in [-0.2, -0.15) is 0 Å². The third-order valence-electron chi connectivity index (χ3n) is 15.0. The van der Waals surface area contributed by atoms with E-state index in [0.717, 1.165) is 0 Å². The standard InChI is InChI=1S/C61H114N8O31/c1-40(36-70)99-60(52(57(84)85)68-43(4)75)97-34-31-94-28-25-91-22-19-88-16-13-65-48(78)7-10-61(69-49(79)35-62,9-6-47(77)64-12-15-87-18-21-90-24-27-93-30-33-96-59-51(67-42(3)74)56(83)54(81)45(38-72)100-59)8-5-46(76)63-11-14-86-17-20-89-23-26-92-29-32-95-58-50(66-41(2)73)55(82)53(80)44(37-71)39-98-58/h40,44-45,50-60,70-72,80-85H,5-39,62H2,1-4H3,(H,63,76)(H,64,77)(H,65,78)(H,66,73)(H,67,74)(H,68,75)(H,69,79). The van der Waals surface area contributed by atoms with Crippen molar-refractivity contribution in [3.63, 3.8) is 0 Å². The molecule has 0 bridgehead atoms. The average molecular weight is 1460 g/mol. The molecule has 584 valence electrons. The number of hydrogen-bond donors (Lipinski definition) is 17. The van der Waals surface area contributed by atoms with E-state index in [0.29, 0.717) is 0 Å². The Bertz CT molecular complexity index is 2210. The van der Waals surface area contributed by atoms with Crippen LogP contribution in [0.3, 0.4) is 0 Å². The van der Waals surface area contributed by atoms with Crippen LogP contribution in [0.2, 0.25) is 0 Å². The number of amides is 7. The molecule has 14 atom stereocenters. The van der Waals surface area contributed by atoms with Crippen molar-refractivity contribution < 1.29 is 151 Å². The number of aliphatic hydroxyl groups excluding tert-OH is 8. The van der Waals surface area contributed by atoms with Gasteiger partial charge >= 0.3 is 0 Å². The number of ether oxygens (including phenoxy) is 15. The SMILES string of the molecule is CC(=O)NC(C(O)O)C(OCCOCCOCCOCCNC(=O)CCC(CCC(=O)NCCOCCOCCOCCOC1OCC(CO)C(O)C(O)C1NC(C)=O)(CCC(=O)NCCOCCOCCOCCOC1OC(CO)C(O)C(O)C1NC(C)=O)NC(=O)CN)OC(C)CO. The molecule has 39 heteroatoms. The van der Waals surface area contributed by atoms with E-state index in [4.69, 9.17) is 76.8 Å². The highest BCUT2D eigenvalue weighted by atomic mass is 16.7. The summed E-state index contributed by atoms with van der Waals surface area (Å²) in [4.78, 5) is 87.6. The Morgan fingerprint density at radius 3 is 1.27 bits per heavy atom. The minimum Gasteiger partial charge on any atom is -0.396 e. The van der Waals surface area contributed by atoms with Crippen molar-refractivity contribution >= 4 is 41.4 Å². The van der Waals surface area contributed by atoms with E-state index in [2.05, 4.69) is 37.2 Å². The molecule has 14 unspecified atom stereocenters. The Morgan fingerprint density at radius 1 is 0.500 bits per heavy atom. The quantitative estimate of drug-likeness (QED) is 0.0199. The number of nitrogens with one attached hydrogen (secondary N) is 7. The van der Waals surface area contributed by atoms with Gasteiger partial charge in [-0.05, 0) is 26.2 Å². The lowest BCUT2D eigenvalue weighted by molar-refractivity contribution is -0.272. The lowest BCUT2D eigenvalue weighted by atomic mass is 9.83. The highest BCUT2D eigenvalue weighted by molar-refractivity contribution is 5.81. The van der Waals surface area contributed by atoms with Gasteiger partial charge in [-0.1, -0.05) is 0 Å². The molecule has 0 aromatic rings. The van der Waals surface area contributed by atoms with Crippen molar-refractivity contribution in [3.8, 4) is 0 Å². The molecule has 2 aliphatic heterocycles. The molecular formula is C61H114N8O31. The molecule has 39 nitrogen and oxygen atoms in total. The second kappa shape index (κ2) is 55.8. The van der Waals surface area contributed by atoms with Crippen LogP contribution in [-0.2, 0) is 105 Å². The highest BCUT2D eigenvalue weighted by Gasteiger charge is 2.46. The van der Waals surface area contributed by atoms with Gasteiger partial charge in [0.2, 0.25) is 41.4 Å². The zero-order chi connectivity index (χ0) is 73.9. The number of hydrogen-bond acceptors (Lipinski definition) is 32. The van der Waals surface area contributed by atoms with E-state index in [-0.39, 0.29) is 210 Å². The Morgan fingerprint density at radius 2 is 0.890 bits per heavy atom. The number of nitrogens with two attached hydrogens (primary N) is 1. The zero-order valence-electron chi connectivity index (χ0n) is 57.9. The summed E-state index contributed by atoms with van der Waals surface area (Å²) in [6.07, 6.45) is -13.4. The molecule has 100 heavy (non-hydrogen) atoms. The third kappa shape index (κ3) is 41.0. The Kier molecular flexibility index (Phi) is 51.0. The summed E-state index contributed by atoms with van der Waals surface area (Å²) in [5.41, 5.74) is 4.49. The van der Waals surface area contributed by atoms with Crippen LogP contribution >= 0.6 is 0 Å². The van der Waals surface area contributed by atoms with Gasteiger partial charge in [0.1, 0.15) is 42.5 Å². The molecule has 2 rings (SSSR count). The lowest BCUT2D eigenvalue weighted by Crippen LogP contribution is -2.64. The molecule has 2 aliphatic rings. The fourth-order valence-electron chi connectivity index (χ4n) is 9.72. The summed E-state index contributed by atoms with van der Waals surface area (Å²) in [6, 6.07) is -3.50. The van der Waals surface area contributed by atoms with Crippen molar-refractivity contribution in [2.45, 2.75) is 152 Å². The minimum absolute atomic E-state index is 0.00571. The first kappa shape index (κ1) is 91.4. The van der Waals surface area contributed by atoms with E-state index < -0.39 is 152 Å². The Balaban J connectivity index is 1.82. The zero-order valence-corrected chi connectivity index (χ0v) is 57.9. The van der Waals surface area contributed by atoms with Gasteiger partial charge in [0, 0.05) is 71.1 Å². The van der Waals surface area contributed by atoms with Gasteiger partial charge < -0.3 is 160 Å². The van der Waals surface area contributed by atoms with Crippen LogP contribution in [0.1, 0.15) is 66.2 Å². The van der Waals surface area contributed by atoms with Crippen LogP contribution in [0.5, 0.6) is 0 Å². The van der Waals surface area contributed by atoms with Crippen molar-refractivity contribution in [1.29, 1.82) is 0 Å². The van der Waals surface area contributed by atoms with Crippen molar-refractivity contribution in [2.24, 2.45) is 11.7 Å². The molecular weight excluding hydrogens is 1340 g/mol. The molecule has 2 fully saturated rings. The maximum Gasteiger partial charge on any atom is 0.234 e. The maximum absolute atomic E-state index is 13.2. The first-order valence-corrected chi connectivity index (χ1v) is 33.5. The fraction of sp³-hybridized carbons (Fsp3) is 0.885. The second-order valence-electron chi connectivity index (χ2n) is 23.1. The summed E-state index contributed by atoms with van der Waals surface area (Å²) in [7, 11) is 0. The number of aliphatic hydroxyl groups is 9. The van der Waals surface area contributed by atoms with Crippen LogP contribution in [0, 0.1) is 5.92 Å². The van der Waals surface area contributed by atoms with E-state index in [1.807, 2.05) is 0 Å². The highest BCUT2D eigenvalue weighted by Crippen LogP contribution is 2.27. The molecule has 2 saturated heterocycles.